The molecule has 0 bridgehead atoms. The summed E-state index contributed by atoms with van der Waals surface area (Å²) in [7, 11) is 0. The topological polar surface area (TPSA) is 82.4 Å². The molecule has 6 heteroatoms. The Morgan fingerprint density at radius 3 is 2.46 bits per heavy atom. The van der Waals surface area contributed by atoms with Gasteiger partial charge in [0, 0.05) is 19.1 Å². The average molecular weight is 329 g/mol. The lowest BCUT2D eigenvalue weighted by Crippen LogP contribution is -2.47. The Labute approximate surface area is 142 Å². The fraction of sp³-hybridized carbons (Fsp3) is 0.500. The number of ether oxygens (including phenoxy) is 1. The van der Waals surface area contributed by atoms with Gasteiger partial charge in [-0.05, 0) is 45.7 Å². The number of hydrogen-bond acceptors (Lipinski definition) is 4. The third-order valence-electron chi connectivity index (χ3n) is 3.77. The summed E-state index contributed by atoms with van der Waals surface area (Å²) in [6.45, 7) is 6.60. The lowest BCUT2D eigenvalue weighted by atomic mass is 10.0. The lowest BCUT2D eigenvalue weighted by Gasteiger charge is -2.33. The molecule has 24 heavy (non-hydrogen) atoms. The van der Waals surface area contributed by atoms with Gasteiger partial charge in [-0.25, -0.2) is 4.79 Å². The van der Waals surface area contributed by atoms with Crippen LogP contribution in [0.25, 0.3) is 0 Å². The summed E-state index contributed by atoms with van der Waals surface area (Å²) in [5.41, 5.74) is 0.235. The molecule has 2 amide bonds. The van der Waals surface area contributed by atoms with Crippen LogP contribution in [0.1, 0.15) is 49.5 Å². The third-order valence-corrected chi connectivity index (χ3v) is 3.77. The first kappa shape index (κ1) is 17.8. The third kappa shape index (κ3) is 4.72. The quantitative estimate of drug-likeness (QED) is 0.904. The Kier molecular flexibility index (Phi) is 5.45. The molecule has 0 aliphatic carbocycles. The van der Waals surface area contributed by atoms with Crippen molar-refractivity contribution in [1.82, 2.24) is 10.2 Å². The van der Waals surface area contributed by atoms with Crippen molar-refractivity contribution in [2.24, 2.45) is 0 Å². The predicted octanol–water partition coefficient (Wildman–Crippen LogP) is 2.69. The summed E-state index contributed by atoms with van der Waals surface area (Å²) in [5.74, 6) is -0.247. The van der Waals surface area contributed by atoms with Crippen molar-refractivity contribution in [2.45, 2.75) is 45.3 Å². The number of carbonyl (C=O) groups excluding carboxylic acids is 2. The minimum Gasteiger partial charge on any atom is -0.444 e. The van der Waals surface area contributed by atoms with Crippen molar-refractivity contribution in [2.75, 3.05) is 13.1 Å². The fourth-order valence-electron chi connectivity index (χ4n) is 2.57. The summed E-state index contributed by atoms with van der Waals surface area (Å²) in [4.78, 5) is 26.0. The number of benzene rings is 1. The number of nitriles is 1. The molecule has 1 heterocycles. The van der Waals surface area contributed by atoms with Crippen molar-refractivity contribution in [3.8, 4) is 6.07 Å². The van der Waals surface area contributed by atoms with Crippen LogP contribution < -0.4 is 5.32 Å². The van der Waals surface area contributed by atoms with Gasteiger partial charge in [0.15, 0.2) is 0 Å². The first-order valence-electron chi connectivity index (χ1n) is 8.08. The van der Waals surface area contributed by atoms with E-state index in [-0.39, 0.29) is 18.0 Å². The molecule has 1 saturated heterocycles. The monoisotopic (exact) mass is 329 g/mol. The predicted molar refractivity (Wildman–Crippen MR) is 89.5 cm³/mol. The highest BCUT2D eigenvalue weighted by Crippen LogP contribution is 2.16. The van der Waals surface area contributed by atoms with E-state index in [4.69, 9.17) is 10.00 Å². The molecule has 1 aliphatic heterocycles. The summed E-state index contributed by atoms with van der Waals surface area (Å²) in [5, 5.41) is 12.0. The molecular formula is C18H23N3O3. The zero-order chi connectivity index (χ0) is 17.7. The van der Waals surface area contributed by atoms with Crippen molar-refractivity contribution in [1.29, 1.82) is 5.26 Å². The van der Waals surface area contributed by atoms with Crippen LogP contribution in [0.15, 0.2) is 24.3 Å². The molecule has 2 rings (SSSR count). The Morgan fingerprint density at radius 1 is 1.25 bits per heavy atom. The highest BCUT2D eigenvalue weighted by molar-refractivity contribution is 5.96. The maximum atomic E-state index is 12.3. The minimum absolute atomic E-state index is 0.0112. The molecule has 1 N–H and O–H groups in total. The average Bonchev–Trinajstić information content (AvgIpc) is 2.53. The first-order chi connectivity index (χ1) is 11.3. The van der Waals surface area contributed by atoms with Crippen LogP contribution in [-0.2, 0) is 4.74 Å². The summed E-state index contributed by atoms with van der Waals surface area (Å²) in [6.07, 6.45) is 1.02. The highest BCUT2D eigenvalue weighted by atomic mass is 16.6. The van der Waals surface area contributed by atoms with Crippen molar-refractivity contribution < 1.29 is 14.3 Å². The largest absolute Gasteiger partial charge is 0.444 e. The van der Waals surface area contributed by atoms with Crippen molar-refractivity contribution in [3.63, 3.8) is 0 Å². The first-order valence-corrected chi connectivity index (χ1v) is 8.08. The zero-order valence-electron chi connectivity index (χ0n) is 14.3. The molecule has 1 aliphatic rings. The van der Waals surface area contributed by atoms with E-state index in [0.717, 1.165) is 0 Å². The molecule has 6 nitrogen and oxygen atoms in total. The Bertz CT molecular complexity index is 650. The van der Waals surface area contributed by atoms with Gasteiger partial charge in [-0.2, -0.15) is 5.26 Å². The van der Waals surface area contributed by atoms with Gasteiger partial charge >= 0.3 is 6.09 Å². The standard InChI is InChI=1S/C18H23N3O3/c1-18(2,3)24-17(23)21-10-8-14(9-11-21)20-16(22)15-7-5-4-6-13(15)12-19/h4-7,14H,8-11H2,1-3H3,(H,20,22). The molecule has 1 aromatic rings. The van der Waals surface area contributed by atoms with E-state index >= 15 is 0 Å². The van der Waals surface area contributed by atoms with Gasteiger partial charge in [0.1, 0.15) is 5.60 Å². The SMILES string of the molecule is CC(C)(C)OC(=O)N1CCC(NC(=O)c2ccccc2C#N)CC1. The number of piperidine rings is 1. The molecule has 0 saturated carbocycles. The van der Waals surface area contributed by atoms with E-state index < -0.39 is 5.60 Å². The highest BCUT2D eigenvalue weighted by Gasteiger charge is 2.27. The van der Waals surface area contributed by atoms with E-state index in [1.807, 2.05) is 26.8 Å². The van der Waals surface area contributed by atoms with E-state index in [9.17, 15) is 9.59 Å². The van der Waals surface area contributed by atoms with Gasteiger partial charge in [-0.3, -0.25) is 4.79 Å². The summed E-state index contributed by atoms with van der Waals surface area (Å²) < 4.78 is 5.36. The van der Waals surface area contributed by atoms with Crippen LogP contribution in [0.2, 0.25) is 0 Å². The second-order valence-electron chi connectivity index (χ2n) is 6.87. The van der Waals surface area contributed by atoms with Crippen LogP contribution in [0.3, 0.4) is 0 Å². The van der Waals surface area contributed by atoms with E-state index in [2.05, 4.69) is 5.32 Å². The van der Waals surface area contributed by atoms with Crippen LogP contribution in [0.5, 0.6) is 0 Å². The number of amides is 2. The number of likely N-dealkylation sites (tertiary alicyclic amines) is 1. The Morgan fingerprint density at radius 2 is 1.88 bits per heavy atom. The lowest BCUT2D eigenvalue weighted by molar-refractivity contribution is 0.0199. The van der Waals surface area contributed by atoms with Gasteiger partial charge in [-0.15, -0.1) is 0 Å². The maximum Gasteiger partial charge on any atom is 0.410 e. The van der Waals surface area contributed by atoms with Crippen molar-refractivity contribution in [3.05, 3.63) is 35.4 Å². The number of carbonyl (C=O) groups is 2. The van der Waals surface area contributed by atoms with Crippen LogP contribution in [0.4, 0.5) is 4.79 Å². The molecule has 1 aromatic carbocycles. The second kappa shape index (κ2) is 7.35. The van der Waals surface area contributed by atoms with Crippen LogP contribution in [-0.4, -0.2) is 41.6 Å². The molecular weight excluding hydrogens is 306 g/mol. The number of rotatable bonds is 2. The van der Waals surface area contributed by atoms with Gasteiger partial charge in [0.25, 0.3) is 5.91 Å². The van der Waals surface area contributed by atoms with E-state index in [1.54, 1.807) is 29.2 Å². The molecule has 1 fully saturated rings. The van der Waals surface area contributed by atoms with Crippen LogP contribution in [0, 0.1) is 11.3 Å². The van der Waals surface area contributed by atoms with Gasteiger partial charge < -0.3 is 15.0 Å². The zero-order valence-corrected chi connectivity index (χ0v) is 14.3. The molecule has 128 valence electrons. The van der Waals surface area contributed by atoms with Gasteiger partial charge in [0.05, 0.1) is 17.2 Å². The Hall–Kier alpha value is -2.55. The molecule has 0 unspecified atom stereocenters. The van der Waals surface area contributed by atoms with E-state index in [0.29, 0.717) is 37.1 Å². The normalized spacial score (nSPS) is 15.5. The van der Waals surface area contributed by atoms with Crippen molar-refractivity contribution >= 4 is 12.0 Å². The number of nitrogens with one attached hydrogen (secondary N) is 1. The Balaban J connectivity index is 1.88. The van der Waals surface area contributed by atoms with Gasteiger partial charge in [0.2, 0.25) is 0 Å². The second-order valence-corrected chi connectivity index (χ2v) is 6.87. The summed E-state index contributed by atoms with van der Waals surface area (Å²) >= 11 is 0. The van der Waals surface area contributed by atoms with Gasteiger partial charge in [-0.1, -0.05) is 12.1 Å². The molecule has 0 radical (unpaired) electrons. The van der Waals surface area contributed by atoms with E-state index in [1.165, 1.54) is 0 Å². The molecule has 0 aromatic heterocycles. The molecule has 0 spiro atoms. The number of hydrogen-bond donors (Lipinski definition) is 1. The smallest absolute Gasteiger partial charge is 0.410 e. The summed E-state index contributed by atoms with van der Waals surface area (Å²) in [6, 6.07) is 8.75. The molecule has 0 atom stereocenters. The minimum atomic E-state index is -0.511. The van der Waals surface area contributed by atoms with Crippen LogP contribution >= 0.6 is 0 Å². The fourth-order valence-corrected chi connectivity index (χ4v) is 2.57. The maximum absolute atomic E-state index is 12.3. The number of nitrogens with zero attached hydrogens (tertiary/aromatic N) is 2.